The molecule has 1 aromatic heterocycles. The number of hydrogen-bond acceptors (Lipinski definition) is 4. The van der Waals surface area contributed by atoms with Crippen LogP contribution < -0.4 is 9.80 Å². The maximum atomic E-state index is 13.0. The predicted molar refractivity (Wildman–Crippen MR) is 93.3 cm³/mol. The Morgan fingerprint density at radius 1 is 1.28 bits per heavy atom. The van der Waals surface area contributed by atoms with E-state index in [2.05, 4.69) is 17.0 Å². The van der Waals surface area contributed by atoms with Crippen molar-refractivity contribution in [3.05, 3.63) is 36.2 Å². The highest BCUT2D eigenvalue weighted by molar-refractivity contribution is 6.04. The Labute approximate surface area is 146 Å². The molecule has 130 valence electrons. The molecule has 0 bridgehead atoms. The summed E-state index contributed by atoms with van der Waals surface area (Å²) in [7, 11) is 0. The zero-order valence-electron chi connectivity index (χ0n) is 14.3. The van der Waals surface area contributed by atoms with E-state index in [1.165, 1.54) is 6.33 Å². The molecule has 3 heterocycles. The van der Waals surface area contributed by atoms with Crippen molar-refractivity contribution in [2.75, 3.05) is 22.9 Å². The first-order chi connectivity index (χ1) is 12.2. The molecular formula is C18H21N5O2. The van der Waals surface area contributed by atoms with Gasteiger partial charge in [-0.25, -0.2) is 4.68 Å². The standard InChI is InChI=1S/C18H21N5O2/c1-2-13-6-3-4-7-15(13)22-11-14(10-16(22)24)17(25)21-8-5-9-23-18(21)19-12-20-23/h3-4,6-7,12,14H,2,5,8-11H2,1H3/t14-/m1/s1. The summed E-state index contributed by atoms with van der Waals surface area (Å²) in [6.07, 6.45) is 3.44. The molecule has 0 unspecified atom stereocenters. The number of fused-ring (bicyclic) bond motifs is 1. The van der Waals surface area contributed by atoms with E-state index in [0.717, 1.165) is 30.6 Å². The van der Waals surface area contributed by atoms with Crippen LogP contribution in [0.25, 0.3) is 0 Å². The molecule has 0 N–H and O–H groups in total. The largest absolute Gasteiger partial charge is 0.311 e. The summed E-state index contributed by atoms with van der Waals surface area (Å²) < 4.78 is 1.75. The fourth-order valence-corrected chi connectivity index (χ4v) is 3.71. The van der Waals surface area contributed by atoms with Gasteiger partial charge in [0.05, 0.1) is 5.92 Å². The van der Waals surface area contributed by atoms with Crippen molar-refractivity contribution in [2.45, 2.75) is 32.7 Å². The molecule has 2 amide bonds. The number of rotatable bonds is 3. The second-order valence-electron chi connectivity index (χ2n) is 6.51. The molecule has 2 aromatic rings. The second-order valence-corrected chi connectivity index (χ2v) is 6.51. The summed E-state index contributed by atoms with van der Waals surface area (Å²) >= 11 is 0. The van der Waals surface area contributed by atoms with Gasteiger partial charge in [0.2, 0.25) is 17.8 Å². The zero-order chi connectivity index (χ0) is 17.4. The van der Waals surface area contributed by atoms with Gasteiger partial charge in [-0.1, -0.05) is 25.1 Å². The summed E-state index contributed by atoms with van der Waals surface area (Å²) in [6.45, 7) is 3.91. The lowest BCUT2D eigenvalue weighted by atomic mass is 10.1. The molecular weight excluding hydrogens is 318 g/mol. The van der Waals surface area contributed by atoms with E-state index in [1.54, 1.807) is 14.5 Å². The van der Waals surface area contributed by atoms with Gasteiger partial charge in [-0.3, -0.25) is 14.5 Å². The van der Waals surface area contributed by atoms with E-state index in [0.29, 0.717) is 19.0 Å². The Hall–Kier alpha value is -2.70. The van der Waals surface area contributed by atoms with E-state index < -0.39 is 0 Å². The molecule has 7 heteroatoms. The number of benzene rings is 1. The van der Waals surface area contributed by atoms with Crippen molar-refractivity contribution < 1.29 is 9.59 Å². The van der Waals surface area contributed by atoms with E-state index in [-0.39, 0.29) is 24.2 Å². The van der Waals surface area contributed by atoms with Crippen molar-refractivity contribution >= 4 is 23.5 Å². The first kappa shape index (κ1) is 15.8. The summed E-state index contributed by atoms with van der Waals surface area (Å²) in [5.41, 5.74) is 2.05. The van der Waals surface area contributed by atoms with E-state index in [1.807, 2.05) is 24.3 Å². The number of carbonyl (C=O) groups excluding carboxylic acids is 2. The summed E-state index contributed by atoms with van der Waals surface area (Å²) in [4.78, 5) is 33.2. The monoisotopic (exact) mass is 339 g/mol. The Balaban J connectivity index is 1.56. The lowest BCUT2D eigenvalue weighted by molar-refractivity contribution is -0.124. The van der Waals surface area contributed by atoms with Crippen LogP contribution in [0.15, 0.2) is 30.6 Å². The number of para-hydroxylation sites is 1. The molecule has 7 nitrogen and oxygen atoms in total. The molecule has 0 radical (unpaired) electrons. The van der Waals surface area contributed by atoms with Crippen molar-refractivity contribution in [3.63, 3.8) is 0 Å². The summed E-state index contributed by atoms with van der Waals surface area (Å²) in [6, 6.07) is 7.90. The SMILES string of the molecule is CCc1ccccc1N1C[C@H](C(=O)N2CCCn3ncnc32)CC1=O. The van der Waals surface area contributed by atoms with Crippen LogP contribution >= 0.6 is 0 Å². The van der Waals surface area contributed by atoms with Crippen molar-refractivity contribution in [1.82, 2.24) is 14.8 Å². The quantitative estimate of drug-likeness (QED) is 0.852. The van der Waals surface area contributed by atoms with Crippen LogP contribution in [-0.2, 0) is 22.6 Å². The number of aryl methyl sites for hydroxylation is 2. The van der Waals surface area contributed by atoms with Crippen molar-refractivity contribution in [2.24, 2.45) is 5.92 Å². The molecule has 1 fully saturated rings. The molecule has 1 atom stereocenters. The molecule has 2 aliphatic rings. The minimum Gasteiger partial charge on any atom is -0.311 e. The van der Waals surface area contributed by atoms with Gasteiger partial charge in [-0.15, -0.1) is 0 Å². The van der Waals surface area contributed by atoms with Crippen LogP contribution in [0.1, 0.15) is 25.3 Å². The third-order valence-electron chi connectivity index (χ3n) is 4.99. The Morgan fingerprint density at radius 2 is 2.12 bits per heavy atom. The molecule has 4 rings (SSSR count). The molecule has 2 aliphatic heterocycles. The van der Waals surface area contributed by atoms with Crippen molar-refractivity contribution in [1.29, 1.82) is 0 Å². The maximum Gasteiger partial charge on any atom is 0.234 e. The molecule has 0 saturated carbocycles. The van der Waals surface area contributed by atoms with Crippen LogP contribution in [0.5, 0.6) is 0 Å². The highest BCUT2D eigenvalue weighted by Crippen LogP contribution is 2.30. The number of hydrogen-bond donors (Lipinski definition) is 0. The van der Waals surface area contributed by atoms with Gasteiger partial charge in [-0.2, -0.15) is 10.1 Å². The molecule has 25 heavy (non-hydrogen) atoms. The minimum absolute atomic E-state index is 0.0118. The number of carbonyl (C=O) groups is 2. The Kier molecular flexibility index (Phi) is 3.99. The average molecular weight is 339 g/mol. The van der Waals surface area contributed by atoms with Gasteiger partial charge in [0, 0.05) is 31.7 Å². The number of aromatic nitrogens is 3. The number of anilines is 2. The molecule has 0 aliphatic carbocycles. The van der Waals surface area contributed by atoms with E-state index in [4.69, 9.17) is 0 Å². The summed E-state index contributed by atoms with van der Waals surface area (Å²) in [5.74, 6) is 0.244. The average Bonchev–Trinajstić information content (AvgIpc) is 3.27. The molecule has 1 saturated heterocycles. The van der Waals surface area contributed by atoms with Gasteiger partial charge in [0.15, 0.2) is 0 Å². The highest BCUT2D eigenvalue weighted by Gasteiger charge is 2.39. The highest BCUT2D eigenvalue weighted by atomic mass is 16.2. The third-order valence-corrected chi connectivity index (χ3v) is 4.99. The summed E-state index contributed by atoms with van der Waals surface area (Å²) in [5, 5.41) is 4.15. The van der Waals surface area contributed by atoms with Crippen LogP contribution in [0.2, 0.25) is 0 Å². The van der Waals surface area contributed by atoms with Crippen LogP contribution in [0.3, 0.4) is 0 Å². The minimum atomic E-state index is -0.333. The first-order valence-electron chi connectivity index (χ1n) is 8.76. The lowest BCUT2D eigenvalue weighted by Crippen LogP contribution is -2.42. The predicted octanol–water partition coefficient (Wildman–Crippen LogP) is 1.63. The van der Waals surface area contributed by atoms with Gasteiger partial charge >= 0.3 is 0 Å². The van der Waals surface area contributed by atoms with Gasteiger partial charge in [0.1, 0.15) is 6.33 Å². The fraction of sp³-hybridized carbons (Fsp3) is 0.444. The molecule has 0 spiro atoms. The topological polar surface area (TPSA) is 71.3 Å². The van der Waals surface area contributed by atoms with E-state index >= 15 is 0 Å². The third kappa shape index (κ3) is 2.69. The first-order valence-corrected chi connectivity index (χ1v) is 8.76. The van der Waals surface area contributed by atoms with Crippen LogP contribution in [-0.4, -0.2) is 39.7 Å². The lowest BCUT2D eigenvalue weighted by Gasteiger charge is -2.28. The second kappa shape index (κ2) is 6.31. The number of amides is 2. The Morgan fingerprint density at radius 3 is 2.96 bits per heavy atom. The fourth-order valence-electron chi connectivity index (χ4n) is 3.71. The normalized spacial score (nSPS) is 20.0. The zero-order valence-corrected chi connectivity index (χ0v) is 14.3. The van der Waals surface area contributed by atoms with E-state index in [9.17, 15) is 9.59 Å². The Bertz CT molecular complexity index is 815. The van der Waals surface area contributed by atoms with Crippen molar-refractivity contribution in [3.8, 4) is 0 Å². The number of nitrogens with zero attached hydrogens (tertiary/aromatic N) is 5. The van der Waals surface area contributed by atoms with Gasteiger partial charge in [0.25, 0.3) is 0 Å². The van der Waals surface area contributed by atoms with Crippen LogP contribution in [0.4, 0.5) is 11.6 Å². The molecule has 1 aromatic carbocycles. The van der Waals surface area contributed by atoms with Gasteiger partial charge < -0.3 is 4.90 Å². The van der Waals surface area contributed by atoms with Gasteiger partial charge in [-0.05, 0) is 24.5 Å². The maximum absolute atomic E-state index is 13.0. The smallest absolute Gasteiger partial charge is 0.234 e. The van der Waals surface area contributed by atoms with Crippen LogP contribution in [0, 0.1) is 5.92 Å².